The number of benzene rings is 3. The molecule has 5 nitrogen and oxygen atoms in total. The largest absolute Gasteiger partial charge is 0.493 e. The molecule has 5 rings (SSSR count). The number of fused-ring (bicyclic) bond motifs is 3. The van der Waals surface area contributed by atoms with E-state index < -0.39 is 6.23 Å². The normalized spacial score (nSPS) is 19.4. The van der Waals surface area contributed by atoms with Crippen LogP contribution in [-0.4, -0.2) is 24.9 Å². The van der Waals surface area contributed by atoms with E-state index >= 15 is 0 Å². The van der Waals surface area contributed by atoms with Crippen LogP contribution in [0.1, 0.15) is 40.9 Å². The topological polar surface area (TPSA) is 43.3 Å². The van der Waals surface area contributed by atoms with Crippen molar-refractivity contribution in [2.24, 2.45) is 5.10 Å². The average molecular weight is 400 g/mol. The molecular formula is C25H24N2O3. The van der Waals surface area contributed by atoms with Gasteiger partial charge in [-0.25, -0.2) is 5.01 Å². The minimum absolute atomic E-state index is 0.104. The first-order chi connectivity index (χ1) is 14.7. The van der Waals surface area contributed by atoms with E-state index in [9.17, 15) is 0 Å². The number of hydrazone groups is 1. The molecule has 0 radical (unpaired) electrons. The highest BCUT2D eigenvalue weighted by atomic mass is 16.5. The van der Waals surface area contributed by atoms with Gasteiger partial charge in [-0.3, -0.25) is 0 Å². The lowest BCUT2D eigenvalue weighted by atomic mass is 9.95. The third-order valence-corrected chi connectivity index (χ3v) is 5.78. The van der Waals surface area contributed by atoms with Crippen molar-refractivity contribution in [3.8, 4) is 17.2 Å². The molecule has 3 aromatic carbocycles. The lowest BCUT2D eigenvalue weighted by molar-refractivity contribution is -0.0205. The van der Waals surface area contributed by atoms with Gasteiger partial charge in [-0.05, 0) is 30.7 Å². The predicted molar refractivity (Wildman–Crippen MR) is 116 cm³/mol. The number of aryl methyl sites for hydroxylation is 1. The molecule has 0 bridgehead atoms. The van der Waals surface area contributed by atoms with Crippen molar-refractivity contribution in [1.29, 1.82) is 0 Å². The summed E-state index contributed by atoms with van der Waals surface area (Å²) in [6, 6.07) is 22.7. The van der Waals surface area contributed by atoms with Crippen molar-refractivity contribution < 1.29 is 14.2 Å². The molecule has 0 saturated carbocycles. The third kappa shape index (κ3) is 2.98. The number of ether oxygens (including phenoxy) is 3. The van der Waals surface area contributed by atoms with Crippen LogP contribution in [0.5, 0.6) is 17.2 Å². The summed E-state index contributed by atoms with van der Waals surface area (Å²) in [5.74, 6) is 2.23. The van der Waals surface area contributed by atoms with E-state index in [1.54, 1.807) is 14.2 Å². The van der Waals surface area contributed by atoms with E-state index in [1.165, 1.54) is 5.56 Å². The van der Waals surface area contributed by atoms with Crippen LogP contribution in [0.4, 0.5) is 0 Å². The Hall–Kier alpha value is -3.47. The van der Waals surface area contributed by atoms with Gasteiger partial charge in [0.05, 0.1) is 31.5 Å². The highest BCUT2D eigenvalue weighted by Gasteiger charge is 2.42. The lowest BCUT2D eigenvalue weighted by Crippen LogP contribution is -2.34. The summed E-state index contributed by atoms with van der Waals surface area (Å²) >= 11 is 0. The smallest absolute Gasteiger partial charge is 0.217 e. The van der Waals surface area contributed by atoms with Crippen LogP contribution in [0.2, 0.25) is 0 Å². The Morgan fingerprint density at radius 3 is 2.43 bits per heavy atom. The zero-order valence-corrected chi connectivity index (χ0v) is 17.3. The number of nitrogens with zero attached hydrogens (tertiary/aromatic N) is 2. The second kappa shape index (κ2) is 7.41. The van der Waals surface area contributed by atoms with Crippen LogP contribution in [0.3, 0.4) is 0 Å². The van der Waals surface area contributed by atoms with Gasteiger partial charge < -0.3 is 14.2 Å². The fraction of sp³-hybridized carbons (Fsp3) is 0.240. The molecule has 2 aliphatic heterocycles. The number of rotatable bonds is 4. The molecule has 0 aliphatic carbocycles. The van der Waals surface area contributed by atoms with Gasteiger partial charge in [-0.2, -0.15) is 5.10 Å². The predicted octanol–water partition coefficient (Wildman–Crippen LogP) is 5.25. The zero-order chi connectivity index (χ0) is 20.7. The van der Waals surface area contributed by atoms with E-state index in [4.69, 9.17) is 19.3 Å². The van der Waals surface area contributed by atoms with Crippen LogP contribution in [0.15, 0.2) is 71.8 Å². The highest BCUT2D eigenvalue weighted by Crippen LogP contribution is 2.49. The molecule has 2 atom stereocenters. The maximum atomic E-state index is 6.46. The summed E-state index contributed by atoms with van der Waals surface area (Å²) in [7, 11) is 3.30. The molecular weight excluding hydrogens is 376 g/mol. The van der Waals surface area contributed by atoms with Gasteiger partial charge >= 0.3 is 0 Å². The number of methoxy groups -OCH3 is 2. The summed E-state index contributed by atoms with van der Waals surface area (Å²) in [6.45, 7) is 2.10. The molecule has 0 aromatic heterocycles. The van der Waals surface area contributed by atoms with Gasteiger partial charge in [-0.1, -0.05) is 54.1 Å². The number of para-hydroxylation sites is 2. The van der Waals surface area contributed by atoms with E-state index in [2.05, 4.69) is 48.3 Å². The molecule has 2 heterocycles. The Balaban J connectivity index is 1.62. The number of hydrogen-bond acceptors (Lipinski definition) is 5. The molecule has 2 aliphatic rings. The first kappa shape index (κ1) is 18.6. The van der Waals surface area contributed by atoms with E-state index in [0.29, 0.717) is 11.5 Å². The van der Waals surface area contributed by atoms with Crippen LogP contribution >= 0.6 is 0 Å². The molecule has 0 saturated heterocycles. The molecule has 3 aromatic rings. The molecule has 5 heteroatoms. The highest BCUT2D eigenvalue weighted by molar-refractivity contribution is 6.02. The number of hydrogen-bond donors (Lipinski definition) is 0. The standard InChI is InChI=1S/C25H24N2O3/c1-16-11-13-17(14-12-16)20-15-21-18-7-4-5-9-22(18)30-25(27(21)26-20)19-8-6-10-23(28-2)24(19)29-3/h4-14,21,25H,15H2,1-3H3/t21-,25-/m0/s1. The fourth-order valence-electron chi connectivity index (χ4n) is 4.27. The molecule has 0 N–H and O–H groups in total. The Morgan fingerprint density at radius 1 is 0.900 bits per heavy atom. The Kier molecular flexibility index (Phi) is 4.58. The Bertz CT molecular complexity index is 1110. The van der Waals surface area contributed by atoms with Crippen molar-refractivity contribution in [2.45, 2.75) is 25.6 Å². The Labute approximate surface area is 176 Å². The summed E-state index contributed by atoms with van der Waals surface area (Å²) in [5.41, 5.74) is 5.49. The molecule has 0 fully saturated rings. The molecule has 0 amide bonds. The molecule has 0 spiro atoms. The van der Waals surface area contributed by atoms with Crippen molar-refractivity contribution in [3.63, 3.8) is 0 Å². The minimum Gasteiger partial charge on any atom is -0.493 e. The van der Waals surface area contributed by atoms with Gasteiger partial charge in [-0.15, -0.1) is 0 Å². The fourth-order valence-corrected chi connectivity index (χ4v) is 4.27. The van der Waals surface area contributed by atoms with E-state index in [-0.39, 0.29) is 6.04 Å². The van der Waals surface area contributed by atoms with Crippen molar-refractivity contribution in [1.82, 2.24) is 5.01 Å². The van der Waals surface area contributed by atoms with E-state index in [1.807, 2.05) is 30.3 Å². The summed E-state index contributed by atoms with van der Waals surface area (Å²) in [4.78, 5) is 0. The van der Waals surface area contributed by atoms with Gasteiger partial charge in [0.15, 0.2) is 11.5 Å². The molecule has 0 unspecified atom stereocenters. The minimum atomic E-state index is -0.405. The first-order valence-electron chi connectivity index (χ1n) is 10.1. The molecule has 152 valence electrons. The first-order valence-corrected chi connectivity index (χ1v) is 10.1. The van der Waals surface area contributed by atoms with Crippen LogP contribution in [-0.2, 0) is 0 Å². The van der Waals surface area contributed by atoms with Crippen molar-refractivity contribution >= 4 is 5.71 Å². The summed E-state index contributed by atoms with van der Waals surface area (Å²) in [6.07, 6.45) is 0.421. The summed E-state index contributed by atoms with van der Waals surface area (Å²) < 4.78 is 17.7. The van der Waals surface area contributed by atoms with Crippen LogP contribution in [0, 0.1) is 6.92 Å². The average Bonchev–Trinajstić information content (AvgIpc) is 3.24. The zero-order valence-electron chi connectivity index (χ0n) is 17.3. The third-order valence-electron chi connectivity index (χ3n) is 5.78. The van der Waals surface area contributed by atoms with Gasteiger partial charge in [0.2, 0.25) is 6.23 Å². The second-order valence-corrected chi connectivity index (χ2v) is 7.60. The molecule has 30 heavy (non-hydrogen) atoms. The maximum absolute atomic E-state index is 6.46. The summed E-state index contributed by atoms with van der Waals surface area (Å²) in [5, 5.41) is 7.09. The van der Waals surface area contributed by atoms with Crippen LogP contribution in [0.25, 0.3) is 0 Å². The van der Waals surface area contributed by atoms with Gasteiger partial charge in [0.25, 0.3) is 0 Å². The Morgan fingerprint density at radius 2 is 1.67 bits per heavy atom. The second-order valence-electron chi connectivity index (χ2n) is 7.60. The monoisotopic (exact) mass is 400 g/mol. The van der Waals surface area contributed by atoms with Gasteiger partial charge in [0.1, 0.15) is 5.75 Å². The SMILES string of the molecule is COc1cccc([C@@H]2Oc3ccccc3[C@@H]3CC(c4ccc(C)cc4)=NN32)c1OC. The lowest BCUT2D eigenvalue weighted by Gasteiger charge is -2.38. The van der Waals surface area contributed by atoms with E-state index in [0.717, 1.165) is 34.6 Å². The van der Waals surface area contributed by atoms with Gasteiger partial charge in [0, 0.05) is 12.0 Å². The van der Waals surface area contributed by atoms with Crippen molar-refractivity contribution in [2.75, 3.05) is 14.2 Å². The van der Waals surface area contributed by atoms with Crippen LogP contribution < -0.4 is 14.2 Å². The van der Waals surface area contributed by atoms with Crippen molar-refractivity contribution in [3.05, 3.63) is 89.0 Å². The quantitative estimate of drug-likeness (QED) is 0.600. The maximum Gasteiger partial charge on any atom is 0.217 e.